The molecule has 1 atom stereocenters. The van der Waals surface area contributed by atoms with Gasteiger partial charge in [0.15, 0.2) is 6.10 Å². The molecule has 0 aliphatic rings. The molecule has 0 heterocycles. The highest BCUT2D eigenvalue weighted by Gasteiger charge is 2.42. The van der Waals surface area contributed by atoms with E-state index in [1.54, 1.807) is 0 Å². The third kappa shape index (κ3) is 16.3. The lowest BCUT2D eigenvalue weighted by Crippen LogP contribution is -2.33. The van der Waals surface area contributed by atoms with Crippen LogP contribution >= 0.6 is 0 Å². The summed E-state index contributed by atoms with van der Waals surface area (Å²) >= 11 is 0. The molecule has 0 spiro atoms. The number of alkyl halides is 3. The van der Waals surface area contributed by atoms with E-state index >= 15 is 0 Å². The Bertz CT molecular complexity index is 1210. The smallest absolute Gasteiger partial charge is 0.425 e. The lowest BCUT2D eigenvalue weighted by molar-refractivity contribution is -0.206. The SMILES string of the molecule is CCCCCCCCCCCCC(=O)Oc1ccc(C(=O)Oc2ccc(C(=O)OC(CCCCCCCC)C(F)(F)F)cc2)c(F)c1. The van der Waals surface area contributed by atoms with Gasteiger partial charge in [0.05, 0.1) is 11.1 Å². The van der Waals surface area contributed by atoms with Crippen molar-refractivity contribution in [1.82, 2.24) is 0 Å². The molecule has 0 N–H and O–H groups in total. The molecule has 0 aromatic heterocycles. The maximum atomic E-state index is 14.7. The number of carbonyl (C=O) groups excluding carboxylic acids is 3. The van der Waals surface area contributed by atoms with E-state index in [4.69, 9.17) is 14.2 Å². The van der Waals surface area contributed by atoms with Crippen molar-refractivity contribution < 1.29 is 46.2 Å². The first kappa shape index (κ1) is 39.7. The van der Waals surface area contributed by atoms with Crippen molar-refractivity contribution in [2.24, 2.45) is 0 Å². The van der Waals surface area contributed by atoms with E-state index in [1.165, 1.54) is 56.7 Å². The second-order valence-electron chi connectivity index (χ2n) is 12.0. The molecule has 10 heteroatoms. The average Bonchev–Trinajstić information content (AvgIpc) is 3.02. The fraction of sp³-hybridized carbons (Fsp3) is 0.595. The predicted octanol–water partition coefficient (Wildman–Crippen LogP) is 11.1. The van der Waals surface area contributed by atoms with Crippen LogP contribution in [0.2, 0.25) is 0 Å². The zero-order chi connectivity index (χ0) is 34.5. The third-order valence-corrected chi connectivity index (χ3v) is 7.86. The number of benzene rings is 2. The number of ether oxygens (including phenoxy) is 3. The van der Waals surface area contributed by atoms with Gasteiger partial charge in [0.2, 0.25) is 0 Å². The summed E-state index contributed by atoms with van der Waals surface area (Å²) in [5.74, 6) is -3.73. The molecule has 0 fully saturated rings. The number of halogens is 4. The third-order valence-electron chi connectivity index (χ3n) is 7.86. The van der Waals surface area contributed by atoms with Gasteiger partial charge < -0.3 is 14.2 Å². The highest BCUT2D eigenvalue weighted by molar-refractivity contribution is 5.92. The Balaban J connectivity index is 1.79. The molecule has 1 unspecified atom stereocenters. The molecule has 0 amide bonds. The number of rotatable bonds is 23. The average molecular weight is 667 g/mol. The number of carbonyl (C=O) groups is 3. The summed E-state index contributed by atoms with van der Waals surface area (Å²) in [7, 11) is 0. The van der Waals surface area contributed by atoms with Gasteiger partial charge in [0, 0.05) is 12.5 Å². The minimum absolute atomic E-state index is 0.0346. The van der Waals surface area contributed by atoms with Gasteiger partial charge in [-0.15, -0.1) is 0 Å². The van der Waals surface area contributed by atoms with Crippen molar-refractivity contribution in [2.75, 3.05) is 0 Å². The summed E-state index contributed by atoms with van der Waals surface area (Å²) in [6.45, 7) is 4.25. The molecule has 2 aromatic carbocycles. The Kier molecular flexibility index (Phi) is 18.8. The minimum Gasteiger partial charge on any atom is -0.449 e. The summed E-state index contributed by atoms with van der Waals surface area (Å²) in [4.78, 5) is 37.1. The highest BCUT2D eigenvalue weighted by atomic mass is 19.4. The molecule has 0 saturated carbocycles. The molecule has 0 radical (unpaired) electrons. The maximum Gasteiger partial charge on any atom is 0.425 e. The van der Waals surface area contributed by atoms with E-state index in [0.29, 0.717) is 12.8 Å². The molecule has 47 heavy (non-hydrogen) atoms. The van der Waals surface area contributed by atoms with Crippen LogP contribution in [0.4, 0.5) is 17.6 Å². The lowest BCUT2D eigenvalue weighted by Gasteiger charge is -2.20. The Morgan fingerprint density at radius 1 is 0.638 bits per heavy atom. The van der Waals surface area contributed by atoms with Crippen LogP contribution < -0.4 is 9.47 Å². The van der Waals surface area contributed by atoms with Gasteiger partial charge in [-0.3, -0.25) is 4.79 Å². The normalized spacial score (nSPS) is 12.0. The van der Waals surface area contributed by atoms with Gasteiger partial charge in [-0.1, -0.05) is 104 Å². The van der Waals surface area contributed by atoms with Crippen LogP contribution in [-0.4, -0.2) is 30.2 Å². The second-order valence-corrected chi connectivity index (χ2v) is 12.0. The van der Waals surface area contributed by atoms with E-state index in [2.05, 4.69) is 13.8 Å². The molecule has 6 nitrogen and oxygen atoms in total. The van der Waals surface area contributed by atoms with Gasteiger partial charge in [0.25, 0.3) is 0 Å². The van der Waals surface area contributed by atoms with Gasteiger partial charge in [0.1, 0.15) is 17.3 Å². The van der Waals surface area contributed by atoms with Crippen molar-refractivity contribution in [1.29, 1.82) is 0 Å². The quantitative estimate of drug-likeness (QED) is 0.0508. The monoisotopic (exact) mass is 666 g/mol. The molecular weight excluding hydrogens is 616 g/mol. The Hall–Kier alpha value is -3.43. The standard InChI is InChI=1S/C37H50F4O6/c1-3-5-7-9-11-12-13-14-16-18-20-34(42)45-30-25-26-31(32(38)27-30)36(44)46-29-23-21-28(22-24-29)35(43)47-33(37(39,40)41)19-17-15-10-8-6-4-2/h21-27,33H,3-20H2,1-2H3. The molecule has 262 valence electrons. The molecule has 2 rings (SSSR count). The topological polar surface area (TPSA) is 78.9 Å². The Morgan fingerprint density at radius 3 is 1.68 bits per heavy atom. The zero-order valence-corrected chi connectivity index (χ0v) is 27.8. The van der Waals surface area contributed by atoms with Crippen LogP contribution in [0.5, 0.6) is 11.5 Å². The maximum absolute atomic E-state index is 14.7. The van der Waals surface area contributed by atoms with Crippen LogP contribution in [0.1, 0.15) is 150 Å². The summed E-state index contributed by atoms with van der Waals surface area (Å²) < 4.78 is 70.2. The second kappa shape index (κ2) is 22.2. The van der Waals surface area contributed by atoms with E-state index in [-0.39, 0.29) is 36.3 Å². The van der Waals surface area contributed by atoms with Gasteiger partial charge in [-0.25, -0.2) is 14.0 Å². The van der Waals surface area contributed by atoms with Crippen molar-refractivity contribution >= 4 is 17.9 Å². The van der Waals surface area contributed by atoms with Gasteiger partial charge in [-0.05, 0) is 55.7 Å². The van der Waals surface area contributed by atoms with Gasteiger partial charge >= 0.3 is 24.1 Å². The predicted molar refractivity (Wildman–Crippen MR) is 173 cm³/mol. The lowest BCUT2D eigenvalue weighted by atomic mass is 10.1. The number of hydrogen-bond acceptors (Lipinski definition) is 6. The van der Waals surface area contributed by atoms with Crippen LogP contribution in [0, 0.1) is 5.82 Å². The fourth-order valence-corrected chi connectivity index (χ4v) is 5.08. The Morgan fingerprint density at radius 2 is 1.15 bits per heavy atom. The molecule has 0 bridgehead atoms. The largest absolute Gasteiger partial charge is 0.449 e. The van der Waals surface area contributed by atoms with E-state index in [9.17, 15) is 31.9 Å². The molecule has 2 aromatic rings. The Labute approximate surface area is 276 Å². The number of esters is 3. The molecular formula is C37H50F4O6. The highest BCUT2D eigenvalue weighted by Crippen LogP contribution is 2.29. The summed E-state index contributed by atoms with van der Waals surface area (Å²) in [6, 6.07) is 8.08. The number of hydrogen-bond donors (Lipinski definition) is 0. The van der Waals surface area contributed by atoms with Crippen LogP contribution in [0.25, 0.3) is 0 Å². The molecule has 0 aliphatic carbocycles. The van der Waals surface area contributed by atoms with Crippen LogP contribution in [0.3, 0.4) is 0 Å². The van der Waals surface area contributed by atoms with E-state index in [0.717, 1.165) is 69.2 Å². The first-order valence-corrected chi connectivity index (χ1v) is 17.1. The van der Waals surface area contributed by atoms with Crippen molar-refractivity contribution in [3.8, 4) is 11.5 Å². The minimum atomic E-state index is -4.70. The van der Waals surface area contributed by atoms with E-state index < -0.39 is 41.6 Å². The first-order chi connectivity index (χ1) is 22.5. The fourth-order valence-electron chi connectivity index (χ4n) is 5.08. The van der Waals surface area contributed by atoms with Crippen molar-refractivity contribution in [2.45, 2.75) is 142 Å². The van der Waals surface area contributed by atoms with Crippen molar-refractivity contribution in [3.05, 3.63) is 59.4 Å². The first-order valence-electron chi connectivity index (χ1n) is 17.1. The zero-order valence-electron chi connectivity index (χ0n) is 27.8. The summed E-state index contributed by atoms with van der Waals surface area (Å²) in [5, 5.41) is 0. The van der Waals surface area contributed by atoms with Crippen molar-refractivity contribution in [3.63, 3.8) is 0 Å². The summed E-state index contributed by atoms with van der Waals surface area (Å²) in [5.41, 5.74) is -0.567. The van der Waals surface area contributed by atoms with Gasteiger partial charge in [-0.2, -0.15) is 13.2 Å². The van der Waals surface area contributed by atoms with Crippen LogP contribution in [-0.2, 0) is 9.53 Å². The van der Waals surface area contributed by atoms with E-state index in [1.807, 2.05) is 0 Å². The summed E-state index contributed by atoms with van der Waals surface area (Å²) in [6.07, 6.45) is 9.05. The van der Waals surface area contributed by atoms with Crippen LogP contribution in [0.15, 0.2) is 42.5 Å². The number of unbranched alkanes of at least 4 members (excludes halogenated alkanes) is 14. The molecule has 0 saturated heterocycles. The molecule has 0 aliphatic heterocycles.